The monoisotopic (exact) mass is 326 g/mol. The minimum absolute atomic E-state index is 0. The fourth-order valence-electron chi connectivity index (χ4n) is 2.82. The summed E-state index contributed by atoms with van der Waals surface area (Å²) in [6.07, 6.45) is 3.37. The van der Waals surface area contributed by atoms with Crippen LogP contribution in [0.15, 0.2) is 30.3 Å². The molecule has 6 heteroatoms. The summed E-state index contributed by atoms with van der Waals surface area (Å²) in [5.41, 5.74) is 6.70. The van der Waals surface area contributed by atoms with Gasteiger partial charge in [0.25, 0.3) is 0 Å². The van der Waals surface area contributed by atoms with Crippen molar-refractivity contribution in [2.24, 2.45) is 11.7 Å². The molecule has 1 fully saturated rings. The topological polar surface area (TPSA) is 81.4 Å². The number of esters is 1. The number of halogens is 1. The summed E-state index contributed by atoms with van der Waals surface area (Å²) < 4.78 is 4.78. The van der Waals surface area contributed by atoms with Crippen LogP contribution in [0.5, 0.6) is 0 Å². The van der Waals surface area contributed by atoms with Crippen molar-refractivity contribution >= 4 is 24.3 Å². The maximum Gasteiger partial charge on any atom is 0.333 e. The normalized spacial score (nSPS) is 21.5. The number of methoxy groups -OCH3 is 1. The van der Waals surface area contributed by atoms with E-state index in [1.807, 2.05) is 18.2 Å². The predicted molar refractivity (Wildman–Crippen MR) is 86.5 cm³/mol. The van der Waals surface area contributed by atoms with Crippen LogP contribution in [0.1, 0.15) is 37.3 Å². The molecule has 0 spiro atoms. The molecule has 3 atom stereocenters. The molecule has 5 nitrogen and oxygen atoms in total. The molecule has 1 aliphatic rings. The quantitative estimate of drug-likeness (QED) is 0.810. The van der Waals surface area contributed by atoms with Crippen molar-refractivity contribution in [1.29, 1.82) is 0 Å². The van der Waals surface area contributed by atoms with Gasteiger partial charge in [0.2, 0.25) is 5.91 Å². The van der Waals surface area contributed by atoms with Gasteiger partial charge >= 0.3 is 5.97 Å². The van der Waals surface area contributed by atoms with E-state index in [-0.39, 0.29) is 30.3 Å². The molecule has 0 saturated heterocycles. The second-order valence-electron chi connectivity index (χ2n) is 5.49. The van der Waals surface area contributed by atoms with Gasteiger partial charge in [0, 0.05) is 12.5 Å². The van der Waals surface area contributed by atoms with E-state index in [2.05, 4.69) is 5.32 Å². The number of hydrogen-bond donors (Lipinski definition) is 2. The van der Waals surface area contributed by atoms with Crippen LogP contribution in [0.3, 0.4) is 0 Å². The Morgan fingerprint density at radius 1 is 1.32 bits per heavy atom. The first kappa shape index (κ1) is 18.5. The predicted octanol–water partition coefficient (Wildman–Crippen LogP) is 1.96. The lowest BCUT2D eigenvalue weighted by molar-refractivity contribution is -0.145. The number of benzene rings is 1. The lowest BCUT2D eigenvalue weighted by Crippen LogP contribution is -2.37. The SMILES string of the molecule is COC(=O)C(NC(=O)C[C@@H]1CCC[C@H]1N)c1ccccc1.Cl. The molecular formula is C16H23ClN2O3. The van der Waals surface area contributed by atoms with E-state index in [9.17, 15) is 9.59 Å². The molecule has 1 aromatic carbocycles. The molecule has 0 bridgehead atoms. The van der Waals surface area contributed by atoms with Crippen LogP contribution in [0.2, 0.25) is 0 Å². The highest BCUT2D eigenvalue weighted by Crippen LogP contribution is 2.27. The van der Waals surface area contributed by atoms with Crippen molar-refractivity contribution in [1.82, 2.24) is 5.32 Å². The second-order valence-corrected chi connectivity index (χ2v) is 5.49. The van der Waals surface area contributed by atoms with Gasteiger partial charge in [0.15, 0.2) is 6.04 Å². The average Bonchev–Trinajstić information content (AvgIpc) is 2.90. The molecule has 1 saturated carbocycles. The van der Waals surface area contributed by atoms with Gasteiger partial charge in [-0.1, -0.05) is 36.8 Å². The third kappa shape index (κ3) is 4.71. The molecule has 0 aliphatic heterocycles. The van der Waals surface area contributed by atoms with Crippen LogP contribution in [0.4, 0.5) is 0 Å². The van der Waals surface area contributed by atoms with Crippen molar-refractivity contribution in [3.8, 4) is 0 Å². The Labute approximate surface area is 137 Å². The van der Waals surface area contributed by atoms with Crippen LogP contribution < -0.4 is 11.1 Å². The van der Waals surface area contributed by atoms with E-state index in [1.54, 1.807) is 12.1 Å². The van der Waals surface area contributed by atoms with Gasteiger partial charge in [-0.05, 0) is 24.3 Å². The number of nitrogens with one attached hydrogen (secondary N) is 1. The molecule has 1 aliphatic carbocycles. The molecule has 0 radical (unpaired) electrons. The first-order valence-corrected chi connectivity index (χ1v) is 7.29. The molecule has 1 amide bonds. The first-order valence-electron chi connectivity index (χ1n) is 7.29. The van der Waals surface area contributed by atoms with Crippen LogP contribution >= 0.6 is 12.4 Å². The van der Waals surface area contributed by atoms with Crippen LogP contribution in [0.25, 0.3) is 0 Å². The van der Waals surface area contributed by atoms with E-state index < -0.39 is 12.0 Å². The number of ether oxygens (including phenoxy) is 1. The number of nitrogens with two attached hydrogens (primary N) is 1. The van der Waals surface area contributed by atoms with Gasteiger partial charge in [-0.25, -0.2) is 4.79 Å². The molecule has 1 aromatic rings. The molecular weight excluding hydrogens is 304 g/mol. The minimum Gasteiger partial charge on any atom is -0.467 e. The van der Waals surface area contributed by atoms with Gasteiger partial charge in [0.1, 0.15) is 0 Å². The highest BCUT2D eigenvalue weighted by molar-refractivity contribution is 5.86. The van der Waals surface area contributed by atoms with Crippen molar-refractivity contribution in [2.75, 3.05) is 7.11 Å². The van der Waals surface area contributed by atoms with Crippen LogP contribution in [-0.4, -0.2) is 25.0 Å². The van der Waals surface area contributed by atoms with Gasteiger partial charge < -0.3 is 15.8 Å². The molecule has 122 valence electrons. The van der Waals surface area contributed by atoms with Gasteiger partial charge in [-0.3, -0.25) is 4.79 Å². The Morgan fingerprint density at radius 2 is 2.00 bits per heavy atom. The van der Waals surface area contributed by atoms with Gasteiger partial charge in [0.05, 0.1) is 7.11 Å². The van der Waals surface area contributed by atoms with E-state index in [1.165, 1.54) is 7.11 Å². The lowest BCUT2D eigenvalue weighted by Gasteiger charge is -2.19. The van der Waals surface area contributed by atoms with Crippen molar-refractivity contribution in [3.63, 3.8) is 0 Å². The molecule has 22 heavy (non-hydrogen) atoms. The zero-order valence-electron chi connectivity index (χ0n) is 12.7. The standard InChI is InChI=1S/C16H22N2O3.ClH/c1-21-16(20)15(11-6-3-2-4-7-11)18-14(19)10-12-8-5-9-13(12)17;/h2-4,6-7,12-13,15H,5,8-10,17H2,1H3,(H,18,19);1H/t12-,13+,15?;/m0./s1. The van der Waals surface area contributed by atoms with Crippen LogP contribution in [-0.2, 0) is 14.3 Å². The smallest absolute Gasteiger partial charge is 0.333 e. The van der Waals surface area contributed by atoms with Gasteiger partial charge in [-0.15, -0.1) is 12.4 Å². The molecule has 3 N–H and O–H groups in total. The Kier molecular flexibility index (Phi) is 7.35. The zero-order valence-corrected chi connectivity index (χ0v) is 13.5. The second kappa shape index (κ2) is 8.76. The average molecular weight is 327 g/mol. The Morgan fingerprint density at radius 3 is 2.55 bits per heavy atom. The third-order valence-electron chi connectivity index (χ3n) is 4.04. The summed E-state index contributed by atoms with van der Waals surface area (Å²) in [6.45, 7) is 0. The number of hydrogen-bond acceptors (Lipinski definition) is 4. The fraction of sp³-hybridized carbons (Fsp3) is 0.500. The van der Waals surface area contributed by atoms with E-state index in [0.717, 1.165) is 19.3 Å². The van der Waals surface area contributed by atoms with E-state index >= 15 is 0 Å². The molecule has 0 heterocycles. The largest absolute Gasteiger partial charge is 0.467 e. The number of carbonyl (C=O) groups is 2. The van der Waals surface area contributed by atoms with E-state index in [0.29, 0.717) is 12.0 Å². The Balaban J connectivity index is 0.00000242. The summed E-state index contributed by atoms with van der Waals surface area (Å²) in [5, 5.41) is 2.76. The minimum atomic E-state index is -0.763. The van der Waals surface area contributed by atoms with Gasteiger partial charge in [-0.2, -0.15) is 0 Å². The van der Waals surface area contributed by atoms with Crippen LogP contribution in [0, 0.1) is 5.92 Å². The Hall–Kier alpha value is -1.59. The van der Waals surface area contributed by atoms with Crippen molar-refractivity contribution < 1.29 is 14.3 Å². The third-order valence-corrected chi connectivity index (χ3v) is 4.04. The molecule has 1 unspecified atom stereocenters. The summed E-state index contributed by atoms with van der Waals surface area (Å²) in [5.74, 6) is -0.416. The number of rotatable bonds is 5. The first-order chi connectivity index (χ1) is 10.1. The van der Waals surface area contributed by atoms with Crippen molar-refractivity contribution in [3.05, 3.63) is 35.9 Å². The maximum atomic E-state index is 12.2. The maximum absolute atomic E-state index is 12.2. The summed E-state index contributed by atoms with van der Waals surface area (Å²) in [6, 6.07) is 8.42. The summed E-state index contributed by atoms with van der Waals surface area (Å²) in [4.78, 5) is 24.1. The highest BCUT2D eigenvalue weighted by Gasteiger charge is 2.29. The Bertz CT molecular complexity index is 495. The zero-order chi connectivity index (χ0) is 15.2. The summed E-state index contributed by atoms with van der Waals surface area (Å²) in [7, 11) is 1.32. The van der Waals surface area contributed by atoms with E-state index in [4.69, 9.17) is 10.5 Å². The summed E-state index contributed by atoms with van der Waals surface area (Å²) >= 11 is 0. The lowest BCUT2D eigenvalue weighted by atomic mass is 9.99. The molecule has 0 aromatic heterocycles. The number of amides is 1. The molecule has 2 rings (SSSR count). The number of carbonyl (C=O) groups excluding carboxylic acids is 2. The van der Waals surface area contributed by atoms with Crippen molar-refractivity contribution in [2.45, 2.75) is 37.8 Å². The fourth-order valence-corrected chi connectivity index (χ4v) is 2.82. The highest BCUT2D eigenvalue weighted by atomic mass is 35.5.